The Kier molecular flexibility index (Phi) is 5.33. The van der Waals surface area contributed by atoms with Gasteiger partial charge in [0.2, 0.25) is 11.8 Å². The van der Waals surface area contributed by atoms with Gasteiger partial charge in [0.25, 0.3) is 0 Å². The van der Waals surface area contributed by atoms with E-state index in [-0.39, 0.29) is 24.2 Å². The highest BCUT2D eigenvalue weighted by atomic mass is 16.2. The summed E-state index contributed by atoms with van der Waals surface area (Å²) < 4.78 is 0. The maximum Gasteiger partial charge on any atom is 0.228 e. The van der Waals surface area contributed by atoms with E-state index >= 15 is 0 Å². The summed E-state index contributed by atoms with van der Waals surface area (Å²) in [5.74, 6) is -0.421. The first-order valence-corrected chi connectivity index (χ1v) is 8.58. The Bertz CT molecular complexity index is 773. The summed E-state index contributed by atoms with van der Waals surface area (Å²) in [5.41, 5.74) is 4.06. The number of rotatable bonds is 5. The van der Waals surface area contributed by atoms with Gasteiger partial charge in [-0.05, 0) is 36.6 Å². The predicted molar refractivity (Wildman–Crippen MR) is 99.3 cm³/mol. The fraction of sp³-hybridized carbons (Fsp3) is 0.300. The molecule has 2 aromatic carbocycles. The number of aryl methyl sites for hydroxylation is 1. The van der Waals surface area contributed by atoms with Crippen LogP contribution in [0.2, 0.25) is 0 Å². The number of piperidine rings is 1. The number of carbonyl (C=O) groups excluding carboxylic acids is 2. The highest BCUT2D eigenvalue weighted by molar-refractivity contribution is 5.98. The zero-order valence-electron chi connectivity index (χ0n) is 14.3. The van der Waals surface area contributed by atoms with Crippen molar-refractivity contribution in [3.63, 3.8) is 0 Å². The smallest absolute Gasteiger partial charge is 0.228 e. The predicted octanol–water partition coefficient (Wildman–Crippen LogP) is 3.07. The first-order valence-electron chi connectivity index (χ1n) is 8.58. The SMILES string of the molecule is Cc1ccccc1CNc1ccccc1NC(=O)[C@@H]1CCNC(=O)C1. The van der Waals surface area contributed by atoms with E-state index in [0.717, 1.165) is 11.4 Å². The minimum atomic E-state index is -0.266. The molecule has 3 rings (SSSR count). The van der Waals surface area contributed by atoms with Crippen molar-refractivity contribution in [3.05, 3.63) is 59.7 Å². The monoisotopic (exact) mass is 337 g/mol. The first kappa shape index (κ1) is 17.0. The molecule has 3 N–H and O–H groups in total. The summed E-state index contributed by atoms with van der Waals surface area (Å²) in [6.07, 6.45) is 0.932. The third-order valence-corrected chi connectivity index (χ3v) is 4.53. The Hall–Kier alpha value is -2.82. The van der Waals surface area contributed by atoms with Crippen LogP contribution in [-0.4, -0.2) is 18.4 Å². The largest absolute Gasteiger partial charge is 0.379 e. The minimum absolute atomic E-state index is 0.0580. The number of anilines is 2. The molecule has 0 saturated carbocycles. The number of carbonyl (C=O) groups is 2. The van der Waals surface area contributed by atoms with E-state index in [0.29, 0.717) is 19.5 Å². The van der Waals surface area contributed by atoms with Gasteiger partial charge >= 0.3 is 0 Å². The summed E-state index contributed by atoms with van der Waals surface area (Å²) in [6, 6.07) is 15.9. The second-order valence-electron chi connectivity index (χ2n) is 6.35. The Morgan fingerprint density at radius 2 is 1.84 bits per heavy atom. The molecule has 1 aliphatic heterocycles. The second kappa shape index (κ2) is 7.83. The van der Waals surface area contributed by atoms with E-state index in [4.69, 9.17) is 0 Å². The average molecular weight is 337 g/mol. The molecule has 5 nitrogen and oxygen atoms in total. The zero-order valence-corrected chi connectivity index (χ0v) is 14.3. The van der Waals surface area contributed by atoms with Gasteiger partial charge in [0, 0.05) is 25.4 Å². The molecule has 0 bridgehead atoms. The molecule has 0 unspecified atom stereocenters. The Balaban J connectivity index is 1.67. The van der Waals surface area contributed by atoms with Crippen molar-refractivity contribution in [1.29, 1.82) is 0 Å². The van der Waals surface area contributed by atoms with Gasteiger partial charge < -0.3 is 16.0 Å². The maximum atomic E-state index is 12.5. The van der Waals surface area contributed by atoms with Gasteiger partial charge in [0.1, 0.15) is 0 Å². The molecule has 25 heavy (non-hydrogen) atoms. The topological polar surface area (TPSA) is 70.2 Å². The van der Waals surface area contributed by atoms with Crippen LogP contribution in [0.1, 0.15) is 24.0 Å². The van der Waals surface area contributed by atoms with Crippen molar-refractivity contribution >= 4 is 23.2 Å². The van der Waals surface area contributed by atoms with Crippen LogP contribution in [0.4, 0.5) is 11.4 Å². The molecule has 2 amide bonds. The lowest BCUT2D eigenvalue weighted by molar-refractivity contribution is -0.129. The van der Waals surface area contributed by atoms with E-state index in [9.17, 15) is 9.59 Å². The van der Waals surface area contributed by atoms with Crippen molar-refractivity contribution < 1.29 is 9.59 Å². The second-order valence-corrected chi connectivity index (χ2v) is 6.35. The molecule has 1 saturated heterocycles. The summed E-state index contributed by atoms with van der Waals surface area (Å²) in [7, 11) is 0. The van der Waals surface area contributed by atoms with E-state index in [1.165, 1.54) is 11.1 Å². The van der Waals surface area contributed by atoms with Crippen molar-refractivity contribution in [1.82, 2.24) is 5.32 Å². The van der Waals surface area contributed by atoms with Crippen LogP contribution >= 0.6 is 0 Å². The Morgan fingerprint density at radius 3 is 2.60 bits per heavy atom. The van der Waals surface area contributed by atoms with Crippen LogP contribution in [0.3, 0.4) is 0 Å². The molecule has 1 heterocycles. The lowest BCUT2D eigenvalue weighted by atomic mass is 9.96. The highest BCUT2D eigenvalue weighted by Gasteiger charge is 2.25. The molecule has 0 aliphatic carbocycles. The fourth-order valence-corrected chi connectivity index (χ4v) is 2.99. The van der Waals surface area contributed by atoms with Gasteiger partial charge in [-0.15, -0.1) is 0 Å². The van der Waals surface area contributed by atoms with E-state index in [2.05, 4.69) is 35.0 Å². The van der Waals surface area contributed by atoms with Crippen LogP contribution in [0.25, 0.3) is 0 Å². The van der Waals surface area contributed by atoms with E-state index < -0.39 is 0 Å². The molecule has 1 atom stereocenters. The Morgan fingerprint density at radius 1 is 1.12 bits per heavy atom. The van der Waals surface area contributed by atoms with Crippen molar-refractivity contribution in [2.45, 2.75) is 26.3 Å². The average Bonchev–Trinajstić information content (AvgIpc) is 2.62. The van der Waals surface area contributed by atoms with Gasteiger partial charge in [0.15, 0.2) is 0 Å². The quantitative estimate of drug-likeness (QED) is 0.785. The van der Waals surface area contributed by atoms with Gasteiger partial charge in [-0.2, -0.15) is 0 Å². The molecule has 0 aromatic heterocycles. The van der Waals surface area contributed by atoms with Crippen molar-refractivity contribution in [2.24, 2.45) is 5.92 Å². The van der Waals surface area contributed by atoms with Gasteiger partial charge in [-0.1, -0.05) is 36.4 Å². The molecule has 0 radical (unpaired) electrons. The van der Waals surface area contributed by atoms with Crippen LogP contribution in [0.15, 0.2) is 48.5 Å². The molecule has 2 aromatic rings. The molecule has 1 aliphatic rings. The van der Waals surface area contributed by atoms with Gasteiger partial charge in [0.05, 0.1) is 11.4 Å². The number of nitrogens with one attached hydrogen (secondary N) is 3. The van der Waals surface area contributed by atoms with Gasteiger partial charge in [-0.3, -0.25) is 9.59 Å². The third kappa shape index (κ3) is 4.38. The van der Waals surface area contributed by atoms with Crippen LogP contribution in [0.5, 0.6) is 0 Å². The van der Waals surface area contributed by atoms with E-state index in [1.54, 1.807) is 0 Å². The molecule has 1 fully saturated rings. The maximum absolute atomic E-state index is 12.5. The van der Waals surface area contributed by atoms with Crippen molar-refractivity contribution in [2.75, 3.05) is 17.2 Å². The summed E-state index contributed by atoms with van der Waals surface area (Å²) in [4.78, 5) is 24.0. The third-order valence-electron chi connectivity index (χ3n) is 4.53. The van der Waals surface area contributed by atoms with Gasteiger partial charge in [-0.25, -0.2) is 0 Å². The normalized spacial score (nSPS) is 16.8. The molecule has 0 spiro atoms. The number of amides is 2. The summed E-state index contributed by atoms with van der Waals surface area (Å²) >= 11 is 0. The van der Waals surface area contributed by atoms with Crippen molar-refractivity contribution in [3.8, 4) is 0 Å². The molecule has 5 heteroatoms. The number of hydrogen-bond donors (Lipinski definition) is 3. The number of hydrogen-bond acceptors (Lipinski definition) is 3. The minimum Gasteiger partial charge on any atom is -0.379 e. The van der Waals surface area contributed by atoms with E-state index in [1.807, 2.05) is 36.4 Å². The lowest BCUT2D eigenvalue weighted by Gasteiger charge is -2.22. The molecular formula is C20H23N3O2. The molecule has 130 valence electrons. The number of para-hydroxylation sites is 2. The lowest BCUT2D eigenvalue weighted by Crippen LogP contribution is -2.38. The van der Waals surface area contributed by atoms with Crippen LogP contribution < -0.4 is 16.0 Å². The first-order chi connectivity index (χ1) is 12.1. The number of benzene rings is 2. The van der Waals surface area contributed by atoms with Crippen LogP contribution in [0, 0.1) is 12.8 Å². The standard InChI is InChI=1S/C20H23N3O2/c1-14-6-2-3-7-16(14)13-22-17-8-4-5-9-18(17)23-20(25)15-10-11-21-19(24)12-15/h2-9,15,22H,10-13H2,1H3,(H,21,24)(H,23,25)/t15-/m1/s1. The summed E-state index contributed by atoms with van der Waals surface area (Å²) in [6.45, 7) is 3.33. The molecular weight excluding hydrogens is 314 g/mol. The highest BCUT2D eigenvalue weighted by Crippen LogP contribution is 2.24. The fourth-order valence-electron chi connectivity index (χ4n) is 2.99. The zero-order chi connectivity index (χ0) is 17.6. The van der Waals surface area contributed by atoms with Crippen LogP contribution in [-0.2, 0) is 16.1 Å². The summed E-state index contributed by atoms with van der Waals surface area (Å²) in [5, 5.41) is 9.12. The Labute approximate surface area is 147 Å².